The Balaban J connectivity index is 1.85. The molecule has 0 amide bonds. The lowest BCUT2D eigenvalue weighted by molar-refractivity contribution is 0.678. The van der Waals surface area contributed by atoms with Crippen LogP contribution >= 0.6 is 23.1 Å². The number of hydrogen-bond donors (Lipinski definition) is 1. The lowest BCUT2D eigenvalue weighted by Crippen LogP contribution is -2.11. The molecule has 2 nitrogen and oxygen atoms in total. The first kappa shape index (κ1) is 13.2. The van der Waals surface area contributed by atoms with Gasteiger partial charge < -0.3 is 5.73 Å². The summed E-state index contributed by atoms with van der Waals surface area (Å²) in [6, 6.07) is 8.43. The smallest absolute Gasteiger partial charge is 0.114 e. The molecule has 2 aromatic rings. The molecule has 0 bridgehead atoms. The predicted molar refractivity (Wildman–Crippen MR) is 83.0 cm³/mol. The molecule has 0 saturated carbocycles. The third kappa shape index (κ3) is 2.71. The second kappa shape index (κ2) is 5.65. The predicted octanol–water partition coefficient (Wildman–Crippen LogP) is 3.79. The maximum Gasteiger partial charge on any atom is 0.114 e. The second-order valence-corrected chi connectivity index (χ2v) is 6.87. The molecule has 0 saturated heterocycles. The normalized spacial score (nSPS) is 16.1. The summed E-state index contributed by atoms with van der Waals surface area (Å²) in [4.78, 5) is 7.49. The van der Waals surface area contributed by atoms with Crippen LogP contribution in [0.4, 0.5) is 0 Å². The van der Waals surface area contributed by atoms with E-state index >= 15 is 0 Å². The molecule has 2 N–H and O–H groups in total. The molecule has 1 aromatic heterocycles. The lowest BCUT2D eigenvalue weighted by Gasteiger charge is -2.09. The van der Waals surface area contributed by atoms with Gasteiger partial charge in [0.1, 0.15) is 5.01 Å². The van der Waals surface area contributed by atoms with Crippen molar-refractivity contribution in [1.29, 1.82) is 0 Å². The molecule has 1 aromatic carbocycles. The van der Waals surface area contributed by atoms with E-state index in [1.165, 1.54) is 34.7 Å². The van der Waals surface area contributed by atoms with Gasteiger partial charge in [-0.15, -0.1) is 23.1 Å². The second-order valence-electron chi connectivity index (χ2n) is 4.88. The zero-order valence-corrected chi connectivity index (χ0v) is 12.7. The van der Waals surface area contributed by atoms with Gasteiger partial charge in [-0.05, 0) is 49.6 Å². The first-order valence-corrected chi connectivity index (χ1v) is 8.70. The van der Waals surface area contributed by atoms with E-state index in [0.29, 0.717) is 0 Å². The Labute approximate surface area is 122 Å². The van der Waals surface area contributed by atoms with E-state index in [2.05, 4.69) is 30.5 Å². The van der Waals surface area contributed by atoms with Gasteiger partial charge in [-0.1, -0.05) is 12.1 Å². The van der Waals surface area contributed by atoms with Crippen molar-refractivity contribution in [2.45, 2.75) is 36.6 Å². The van der Waals surface area contributed by atoms with Crippen molar-refractivity contribution in [1.82, 2.24) is 4.98 Å². The van der Waals surface area contributed by atoms with Crippen molar-refractivity contribution < 1.29 is 0 Å². The van der Waals surface area contributed by atoms with Crippen LogP contribution in [0.3, 0.4) is 0 Å². The van der Waals surface area contributed by atoms with E-state index in [-0.39, 0.29) is 6.04 Å². The maximum absolute atomic E-state index is 6.36. The van der Waals surface area contributed by atoms with Crippen LogP contribution in [-0.4, -0.2) is 11.2 Å². The zero-order chi connectivity index (χ0) is 13.2. The Kier molecular flexibility index (Phi) is 3.91. The van der Waals surface area contributed by atoms with E-state index in [4.69, 9.17) is 10.7 Å². The molecule has 0 fully saturated rings. The molecule has 1 atom stereocenters. The average Bonchev–Trinajstić information content (AvgIpc) is 2.90. The Morgan fingerprint density at radius 1 is 1.21 bits per heavy atom. The van der Waals surface area contributed by atoms with Gasteiger partial charge in [0.15, 0.2) is 0 Å². The van der Waals surface area contributed by atoms with Gasteiger partial charge in [0, 0.05) is 9.77 Å². The summed E-state index contributed by atoms with van der Waals surface area (Å²) in [5.41, 5.74) is 8.81. The summed E-state index contributed by atoms with van der Waals surface area (Å²) in [5, 5.41) is 1.07. The number of hydrogen-bond acceptors (Lipinski definition) is 4. The highest BCUT2D eigenvalue weighted by atomic mass is 32.2. The van der Waals surface area contributed by atoms with Crippen molar-refractivity contribution in [2.24, 2.45) is 5.73 Å². The summed E-state index contributed by atoms with van der Waals surface area (Å²) >= 11 is 3.56. The quantitative estimate of drug-likeness (QED) is 0.874. The van der Waals surface area contributed by atoms with E-state index in [1.807, 2.05) is 0 Å². The molecule has 19 heavy (non-hydrogen) atoms. The first-order valence-electron chi connectivity index (χ1n) is 6.66. The summed E-state index contributed by atoms with van der Waals surface area (Å²) < 4.78 is 0. The largest absolute Gasteiger partial charge is 0.318 e. The summed E-state index contributed by atoms with van der Waals surface area (Å²) in [5.74, 6) is 0. The van der Waals surface area contributed by atoms with Crippen LogP contribution in [0.15, 0.2) is 29.2 Å². The van der Waals surface area contributed by atoms with E-state index in [0.717, 1.165) is 17.0 Å². The molecule has 4 heteroatoms. The van der Waals surface area contributed by atoms with Crippen molar-refractivity contribution in [2.75, 3.05) is 6.26 Å². The number of nitrogens with two attached hydrogens (primary N) is 1. The van der Waals surface area contributed by atoms with Crippen LogP contribution < -0.4 is 5.73 Å². The Hall–Kier alpha value is -0.840. The Bertz CT molecular complexity index is 537. The van der Waals surface area contributed by atoms with Crippen LogP contribution in [0.1, 0.15) is 40.0 Å². The summed E-state index contributed by atoms with van der Waals surface area (Å²) in [6.45, 7) is 0. The number of aromatic nitrogens is 1. The molecule has 1 aliphatic rings. The Morgan fingerprint density at radius 2 is 1.95 bits per heavy atom. The molecule has 3 rings (SSSR count). The van der Waals surface area contributed by atoms with E-state index in [1.54, 1.807) is 23.1 Å². The zero-order valence-electron chi connectivity index (χ0n) is 11.1. The highest BCUT2D eigenvalue weighted by molar-refractivity contribution is 7.98. The topological polar surface area (TPSA) is 38.9 Å². The molecule has 0 radical (unpaired) electrons. The fourth-order valence-corrected chi connectivity index (χ4v) is 4.05. The molecular formula is C15H18N2S2. The molecule has 0 spiro atoms. The van der Waals surface area contributed by atoms with Gasteiger partial charge in [-0.3, -0.25) is 0 Å². The third-order valence-electron chi connectivity index (χ3n) is 3.60. The number of benzene rings is 1. The van der Waals surface area contributed by atoms with Gasteiger partial charge in [0.25, 0.3) is 0 Å². The van der Waals surface area contributed by atoms with Gasteiger partial charge in [-0.2, -0.15) is 0 Å². The fourth-order valence-electron chi connectivity index (χ4n) is 2.46. The molecule has 1 heterocycles. The highest BCUT2D eigenvalue weighted by Crippen LogP contribution is 2.31. The monoisotopic (exact) mass is 290 g/mol. The minimum Gasteiger partial charge on any atom is -0.318 e. The van der Waals surface area contributed by atoms with Gasteiger partial charge in [0.2, 0.25) is 0 Å². The summed E-state index contributed by atoms with van der Waals surface area (Å²) in [6.07, 6.45) is 6.97. The number of rotatable bonds is 3. The summed E-state index contributed by atoms with van der Waals surface area (Å²) in [7, 11) is 0. The van der Waals surface area contributed by atoms with Crippen LogP contribution in [0.2, 0.25) is 0 Å². The fraction of sp³-hybridized carbons (Fsp3) is 0.400. The first-order chi connectivity index (χ1) is 9.28. The van der Waals surface area contributed by atoms with Crippen molar-refractivity contribution in [3.8, 4) is 0 Å². The number of thioether (sulfide) groups is 1. The number of aryl methyl sites for hydroxylation is 2. The van der Waals surface area contributed by atoms with Crippen molar-refractivity contribution in [3.05, 3.63) is 45.4 Å². The standard InChI is InChI=1S/C15H18N2S2/c1-18-11-8-6-10(7-9-11)14(16)15-17-12-4-2-3-5-13(12)19-15/h6-9,14H,2-5,16H2,1H3. The van der Waals surface area contributed by atoms with Gasteiger partial charge in [-0.25, -0.2) is 4.98 Å². The number of nitrogens with zero attached hydrogens (tertiary/aromatic N) is 1. The lowest BCUT2D eigenvalue weighted by atomic mass is 10.0. The molecule has 100 valence electrons. The van der Waals surface area contributed by atoms with E-state index < -0.39 is 0 Å². The third-order valence-corrected chi connectivity index (χ3v) is 5.59. The molecule has 0 aliphatic heterocycles. The minimum atomic E-state index is -0.0773. The average molecular weight is 290 g/mol. The van der Waals surface area contributed by atoms with Gasteiger partial charge in [0.05, 0.1) is 11.7 Å². The van der Waals surface area contributed by atoms with Gasteiger partial charge >= 0.3 is 0 Å². The van der Waals surface area contributed by atoms with Crippen molar-refractivity contribution in [3.63, 3.8) is 0 Å². The van der Waals surface area contributed by atoms with Crippen LogP contribution in [0.25, 0.3) is 0 Å². The van der Waals surface area contributed by atoms with Crippen molar-refractivity contribution >= 4 is 23.1 Å². The molecule has 1 unspecified atom stereocenters. The van der Waals surface area contributed by atoms with Crippen LogP contribution in [0.5, 0.6) is 0 Å². The Morgan fingerprint density at radius 3 is 2.63 bits per heavy atom. The number of fused-ring (bicyclic) bond motifs is 1. The molecule has 1 aliphatic carbocycles. The van der Waals surface area contributed by atoms with Crippen LogP contribution in [0, 0.1) is 0 Å². The number of thiazole rings is 1. The van der Waals surface area contributed by atoms with E-state index in [9.17, 15) is 0 Å². The maximum atomic E-state index is 6.36. The SMILES string of the molecule is CSc1ccc(C(N)c2nc3c(s2)CCCC3)cc1. The van der Waals surface area contributed by atoms with Crippen LogP contribution in [-0.2, 0) is 12.8 Å². The molecular weight excluding hydrogens is 272 g/mol. The minimum absolute atomic E-state index is 0.0773. The highest BCUT2D eigenvalue weighted by Gasteiger charge is 2.19.